The first-order valence-electron chi connectivity index (χ1n) is 36.8. The van der Waals surface area contributed by atoms with Crippen LogP contribution in [0.5, 0.6) is 0 Å². The van der Waals surface area contributed by atoms with Gasteiger partial charge in [0, 0.05) is 0 Å². The molecule has 12 aliphatic rings. The number of carbonyl (C=O) groups excluding carboxylic acids is 3. The van der Waals surface area contributed by atoms with Crippen molar-refractivity contribution in [3.8, 4) is 0 Å². The lowest BCUT2D eigenvalue weighted by atomic mass is 9.33. The van der Waals surface area contributed by atoms with E-state index in [2.05, 4.69) is 40.7 Å². The van der Waals surface area contributed by atoms with Gasteiger partial charge in [0.2, 0.25) is 6.29 Å². The monoisotopic (exact) mass is 1530 g/mol. The highest BCUT2D eigenvalue weighted by Gasteiger charge is 2.73. The van der Waals surface area contributed by atoms with Crippen LogP contribution in [0.25, 0.3) is 0 Å². The maximum absolute atomic E-state index is 15.8. The topological polar surface area (TPSA) is 568 Å². The van der Waals surface area contributed by atoms with E-state index < -0.39 is 291 Å². The number of aliphatic hydroxyl groups excluding tert-OH is 18. The summed E-state index contributed by atoms with van der Waals surface area (Å²) in [6.07, 6.45) is -56.1. The Morgan fingerprint density at radius 1 is 0.500 bits per heavy atom. The summed E-state index contributed by atoms with van der Waals surface area (Å²) in [5.74, 6) is -4.32. The highest BCUT2D eigenvalue weighted by molar-refractivity contribution is 5.80. The van der Waals surface area contributed by atoms with E-state index in [0.29, 0.717) is 38.5 Å². The zero-order valence-corrected chi connectivity index (χ0v) is 60.5. The van der Waals surface area contributed by atoms with Crippen molar-refractivity contribution in [3.05, 3.63) is 11.6 Å². The lowest BCUT2D eigenvalue weighted by Crippen LogP contribution is -2.70. The molecule has 7 saturated heterocycles. The Hall–Kier alpha value is -2.89. The summed E-state index contributed by atoms with van der Waals surface area (Å²) < 4.78 is 83.6. The number of aliphatic hydroxyl groups is 18. The lowest BCUT2D eigenvalue weighted by Gasteiger charge is -2.71. The van der Waals surface area contributed by atoms with E-state index >= 15 is 4.79 Å². The Morgan fingerprint density at radius 3 is 1.68 bits per heavy atom. The van der Waals surface area contributed by atoms with E-state index in [1.807, 2.05) is 0 Å². The van der Waals surface area contributed by atoms with E-state index in [9.17, 15) is 107 Å². The van der Waals surface area contributed by atoms with Crippen LogP contribution in [-0.2, 0) is 80.7 Å². The number of carboxylic acids is 1. The molecule has 0 radical (unpaired) electrons. The largest absolute Gasteiger partial charge is 0.547 e. The molecular weight excluding hydrogens is 1420 g/mol. The first-order chi connectivity index (χ1) is 49.6. The Labute approximate surface area is 610 Å². The van der Waals surface area contributed by atoms with Crippen LogP contribution in [0.15, 0.2) is 11.6 Å². The Bertz CT molecular complexity index is 3120. The van der Waals surface area contributed by atoms with Gasteiger partial charge in [-0.3, -0.25) is 4.79 Å². The molecule has 7 aliphatic heterocycles. The third kappa shape index (κ3) is 14.0. The van der Waals surface area contributed by atoms with Gasteiger partial charge in [0.05, 0.1) is 61.7 Å². The van der Waals surface area contributed by atoms with Gasteiger partial charge in [-0.1, -0.05) is 53.2 Å². The van der Waals surface area contributed by atoms with Crippen LogP contribution in [0.2, 0.25) is 0 Å². The molecule has 0 amide bonds. The predicted octanol–water partition coefficient (Wildman–Crippen LogP) is -7.29. The maximum atomic E-state index is 15.8. The fraction of sp³-hybridized carbons (Fsp3) is 0.929. The number of hydrogen-bond acceptors (Lipinski definition) is 36. The van der Waals surface area contributed by atoms with Gasteiger partial charge in [0.25, 0.3) is 0 Å². The maximum Gasteiger partial charge on any atom is 0.317 e. The van der Waals surface area contributed by atoms with Crippen LogP contribution in [0, 0.1) is 50.2 Å². The molecule has 0 bridgehead atoms. The molecule has 12 rings (SSSR count). The zero-order chi connectivity index (χ0) is 77.5. The lowest BCUT2D eigenvalue weighted by molar-refractivity contribution is -0.403. The second kappa shape index (κ2) is 30.8. The van der Waals surface area contributed by atoms with E-state index in [-0.39, 0.29) is 25.2 Å². The van der Waals surface area contributed by atoms with Crippen molar-refractivity contribution in [2.24, 2.45) is 50.2 Å². The molecule has 0 aromatic heterocycles. The predicted molar refractivity (Wildman–Crippen MR) is 344 cm³/mol. The average molecular weight is 1530 g/mol. The van der Waals surface area contributed by atoms with Crippen LogP contribution >= 0.6 is 0 Å². The summed E-state index contributed by atoms with van der Waals surface area (Å²) in [7, 11) is 0. The normalized spacial score (nSPS) is 55.4. The number of hydrogen-bond donors (Lipinski definition) is 18. The molecule has 43 atom stereocenters. The average Bonchev–Trinajstić information content (AvgIpc) is 0.670. The second-order valence-electron chi connectivity index (χ2n) is 33.5. The minimum absolute atomic E-state index is 0.0366. The molecule has 18 N–H and O–H groups in total. The zero-order valence-electron chi connectivity index (χ0n) is 60.5. The quantitative estimate of drug-likeness (QED) is 0.0278. The fourth-order valence-electron chi connectivity index (χ4n) is 20.2. The molecule has 7 heterocycles. The van der Waals surface area contributed by atoms with Gasteiger partial charge in [0.15, 0.2) is 43.8 Å². The van der Waals surface area contributed by atoms with E-state index in [1.165, 1.54) is 20.8 Å². The number of allylic oxidation sites excluding steroid dienone is 2. The van der Waals surface area contributed by atoms with Crippen molar-refractivity contribution in [1.29, 1.82) is 0 Å². The standard InChI is InChI=1S/C70H110O36/c1-24-36(76)40(80)45(85)59(95-24)102-52-48(88)53(56(90)91)103-63(55(52)105-61-46(86)41(81)39(79)31(20-71)98-61)99-35-13-14-66(6)32(67(35,7)23-72)12-15-68(8)33(66)11-10-27-28-18-65(4,5)16-17-70(28,34(75)19-69(27,68)9)64(92)106-62-54(42(82)37(77)25(2)96-62)104-60-47(87)43(83)50(26(3)97-60)100-58-49(89)51(30(74)22-94-58)101-57-44(84)38(78)29(73)21-93-57/h10,23-26,28-55,57-63,71,73-89H,11-22H2,1-9H3,(H,90,91)/p-1/t24-,25+,26-,28-,29+,30+,31+,32+,33+,34+,35-,36-,37-,38-,39-,40+,41-,42-,43-,44+,45+,46+,47+,48-,49+,50-,51-,52-,53-,54+,55+,57-,58-,59-,60-,61-,62-,63+,66-,67-,68+,69+,70+/m0/s1. The molecule has 36 nitrogen and oxygen atoms in total. The third-order valence-electron chi connectivity index (χ3n) is 26.8. The molecule has 0 unspecified atom stereocenters. The van der Waals surface area contributed by atoms with E-state index in [4.69, 9.17) is 66.3 Å². The van der Waals surface area contributed by atoms with Crippen molar-refractivity contribution in [2.75, 3.05) is 19.8 Å². The smallest absolute Gasteiger partial charge is 0.317 e. The van der Waals surface area contributed by atoms with Crippen LogP contribution < -0.4 is 5.11 Å². The minimum Gasteiger partial charge on any atom is -0.547 e. The number of aliphatic carboxylic acids is 1. The molecule has 0 aromatic rings. The van der Waals surface area contributed by atoms with Crippen LogP contribution in [0.4, 0.5) is 0 Å². The Morgan fingerprint density at radius 2 is 1.04 bits per heavy atom. The number of rotatable bonds is 17. The molecule has 4 saturated carbocycles. The van der Waals surface area contributed by atoms with Gasteiger partial charge >= 0.3 is 5.97 Å². The molecule has 106 heavy (non-hydrogen) atoms. The van der Waals surface area contributed by atoms with Crippen molar-refractivity contribution >= 4 is 18.2 Å². The van der Waals surface area contributed by atoms with E-state index in [0.717, 1.165) is 11.9 Å². The molecular formula is C70H109O36-. The van der Waals surface area contributed by atoms with Crippen molar-refractivity contribution in [3.63, 3.8) is 0 Å². The number of aldehydes is 1. The second-order valence-corrected chi connectivity index (χ2v) is 33.5. The number of fused-ring (bicyclic) bond motifs is 7. The summed E-state index contributed by atoms with van der Waals surface area (Å²) in [5.41, 5.74) is -4.86. The Balaban J connectivity index is 0.779. The first kappa shape index (κ1) is 82.6. The summed E-state index contributed by atoms with van der Waals surface area (Å²) in [6.45, 7) is 14.5. The summed E-state index contributed by atoms with van der Waals surface area (Å²) >= 11 is 0. The van der Waals surface area contributed by atoms with Crippen LogP contribution in [0.1, 0.15) is 120 Å². The van der Waals surface area contributed by atoms with Gasteiger partial charge in [-0.15, -0.1) is 0 Å². The number of esters is 1. The molecule has 0 aromatic carbocycles. The van der Waals surface area contributed by atoms with Crippen molar-refractivity contribution in [2.45, 2.75) is 335 Å². The molecule has 36 heteroatoms. The van der Waals surface area contributed by atoms with Gasteiger partial charge in [-0.2, -0.15) is 0 Å². The summed E-state index contributed by atoms with van der Waals surface area (Å²) in [5, 5.41) is 212. The third-order valence-corrected chi connectivity index (χ3v) is 26.8. The summed E-state index contributed by atoms with van der Waals surface area (Å²) in [4.78, 5) is 43.0. The molecule has 5 aliphatic carbocycles. The highest BCUT2D eigenvalue weighted by Crippen LogP contribution is 2.76. The molecule has 606 valence electrons. The first-order valence-corrected chi connectivity index (χ1v) is 36.8. The van der Waals surface area contributed by atoms with Gasteiger partial charge in [0.1, 0.15) is 146 Å². The molecule has 0 spiro atoms. The van der Waals surface area contributed by atoms with Gasteiger partial charge < -0.3 is 173 Å². The van der Waals surface area contributed by atoms with E-state index in [1.54, 1.807) is 6.92 Å². The van der Waals surface area contributed by atoms with Crippen LogP contribution in [-0.4, -0.2) is 345 Å². The van der Waals surface area contributed by atoms with Crippen LogP contribution in [0.3, 0.4) is 0 Å². The highest BCUT2D eigenvalue weighted by atomic mass is 16.8. The number of carbonyl (C=O) groups is 3. The fourth-order valence-corrected chi connectivity index (χ4v) is 20.2. The van der Waals surface area contributed by atoms with Crippen molar-refractivity contribution in [1.82, 2.24) is 0 Å². The number of carboxylic acid groups (broad SMARTS) is 1. The number of ether oxygens (including phenoxy) is 14. The Kier molecular flexibility index (Phi) is 24.0. The van der Waals surface area contributed by atoms with Gasteiger partial charge in [-0.25, -0.2) is 0 Å². The SMILES string of the molecule is C[C@@H]1O[C@@H](O[C@H]2[C@H](O)[C@@H](C(=O)[O-])O[C@@H](O[C@H]3CC[C@]4(C)[C@H]5CC=C6[C@@H]7CC(C)(C)CC[C@]7(C(=O)O[C@@H]7O[C@H](C)[C@H](O)[C@H](O)[C@H]7O[C@@H]7O[C@@H](C)[C@H](O[C@@H]8OC[C@@H](O)[C@H](O[C@@H]9OC[C@@H](O)[C@H](O)[C@H]9O)[C@H]8O)[C@@H](O)[C@H]7O)[C@H](O)C[C@@]6(C)[C@]5(C)CC[C@H]4[C@]3(C)C=O)[C@@H]2O[C@@H]2O[C@H](CO)[C@H](O)[C@H](O)[C@H]2O)[C@H](O)[C@H](O)[C@H]1O. The summed E-state index contributed by atoms with van der Waals surface area (Å²) in [6, 6.07) is 0. The van der Waals surface area contributed by atoms with Gasteiger partial charge in [-0.05, 0) is 118 Å². The minimum atomic E-state index is -2.31. The van der Waals surface area contributed by atoms with Crippen molar-refractivity contribution < 1.29 is 178 Å². The molecule has 11 fully saturated rings.